The van der Waals surface area contributed by atoms with Crippen molar-refractivity contribution < 1.29 is 22.7 Å². The lowest BCUT2D eigenvalue weighted by atomic mass is 10.1. The van der Waals surface area contributed by atoms with E-state index in [0.29, 0.717) is 46.6 Å². The van der Waals surface area contributed by atoms with Gasteiger partial charge in [-0.3, -0.25) is 13.9 Å². The molecule has 1 atom stereocenters. The molecule has 0 aliphatic heterocycles. The van der Waals surface area contributed by atoms with Gasteiger partial charge in [0.1, 0.15) is 24.9 Å². The molecule has 0 heterocycles. The van der Waals surface area contributed by atoms with Crippen LogP contribution < -0.4 is 14.4 Å². The number of hydrogen-bond donors (Lipinski definition) is 1. The normalized spacial score (nSPS) is 11.9. The minimum atomic E-state index is -3.86. The first-order valence-corrected chi connectivity index (χ1v) is 15.4. The van der Waals surface area contributed by atoms with Gasteiger partial charge in [0.05, 0.1) is 11.9 Å². The Morgan fingerprint density at radius 1 is 0.975 bits per heavy atom. The van der Waals surface area contributed by atoms with Crippen molar-refractivity contribution in [2.75, 3.05) is 23.7 Å². The Kier molecular flexibility index (Phi) is 11.2. The third kappa shape index (κ3) is 8.61. The lowest BCUT2D eigenvalue weighted by molar-refractivity contribution is -0.140. The van der Waals surface area contributed by atoms with E-state index in [-0.39, 0.29) is 12.5 Å². The zero-order chi connectivity index (χ0) is 29.3. The number of amides is 2. The molecule has 0 bridgehead atoms. The molecule has 40 heavy (non-hydrogen) atoms. The second-order valence-electron chi connectivity index (χ2n) is 9.11. The maximum atomic E-state index is 13.7. The molecule has 3 aromatic carbocycles. The molecule has 0 aromatic heterocycles. The smallest absolute Gasteiger partial charge is 0.244 e. The number of likely N-dealkylation sites (N-methyl/N-ethyl adjacent to an activating group) is 1. The van der Waals surface area contributed by atoms with Crippen LogP contribution in [0.5, 0.6) is 5.75 Å². The topological polar surface area (TPSA) is 96.0 Å². The highest BCUT2D eigenvalue weighted by Gasteiger charge is 2.32. The Balaban J connectivity index is 1.86. The van der Waals surface area contributed by atoms with Crippen molar-refractivity contribution in [2.45, 2.75) is 39.5 Å². The van der Waals surface area contributed by atoms with Gasteiger partial charge < -0.3 is 15.0 Å². The highest BCUT2D eigenvalue weighted by Crippen LogP contribution is 2.26. The second-order valence-corrected chi connectivity index (χ2v) is 11.9. The van der Waals surface area contributed by atoms with Crippen LogP contribution in [0.15, 0.2) is 72.8 Å². The third-order valence-electron chi connectivity index (χ3n) is 6.14. The van der Waals surface area contributed by atoms with Crippen molar-refractivity contribution >= 4 is 50.7 Å². The van der Waals surface area contributed by atoms with Crippen molar-refractivity contribution in [3.05, 3.63) is 94.0 Å². The molecule has 3 aromatic rings. The molecule has 0 radical (unpaired) electrons. The minimum Gasteiger partial charge on any atom is -0.489 e. The van der Waals surface area contributed by atoms with Gasteiger partial charge in [0.25, 0.3) is 0 Å². The zero-order valence-electron chi connectivity index (χ0n) is 22.6. The molecular weight excluding hydrogens is 573 g/mol. The molecule has 0 spiro atoms. The Morgan fingerprint density at radius 3 is 2.23 bits per heavy atom. The third-order valence-corrected chi connectivity index (χ3v) is 7.87. The number of hydrogen-bond acceptors (Lipinski definition) is 5. The number of halogens is 2. The van der Waals surface area contributed by atoms with Crippen LogP contribution in [0, 0.1) is 0 Å². The Hall–Kier alpha value is -3.27. The first kappa shape index (κ1) is 31.3. The fourth-order valence-electron chi connectivity index (χ4n) is 4.11. The first-order valence-electron chi connectivity index (χ1n) is 12.8. The minimum absolute atomic E-state index is 0.00561. The van der Waals surface area contributed by atoms with E-state index in [9.17, 15) is 18.0 Å². The van der Waals surface area contributed by atoms with Crippen LogP contribution in [-0.4, -0.2) is 50.5 Å². The number of nitrogens with zero attached hydrogens (tertiary/aromatic N) is 2. The molecule has 8 nitrogen and oxygen atoms in total. The number of rotatable bonds is 13. The number of ether oxygens (including phenoxy) is 1. The number of sulfonamides is 1. The van der Waals surface area contributed by atoms with E-state index in [0.717, 1.165) is 16.1 Å². The zero-order valence-corrected chi connectivity index (χ0v) is 25.0. The van der Waals surface area contributed by atoms with E-state index in [1.165, 1.54) is 4.90 Å². The number of nitrogens with one attached hydrogen (secondary N) is 1. The van der Waals surface area contributed by atoms with Gasteiger partial charge in [-0.25, -0.2) is 8.42 Å². The largest absolute Gasteiger partial charge is 0.489 e. The van der Waals surface area contributed by atoms with E-state index >= 15 is 0 Å². The maximum absolute atomic E-state index is 13.7. The van der Waals surface area contributed by atoms with Gasteiger partial charge in [-0.1, -0.05) is 66.5 Å². The summed E-state index contributed by atoms with van der Waals surface area (Å²) in [6, 6.07) is 20.1. The van der Waals surface area contributed by atoms with Crippen molar-refractivity contribution in [3.8, 4) is 5.75 Å². The molecule has 0 aliphatic carbocycles. The molecule has 0 saturated carbocycles. The quantitative estimate of drug-likeness (QED) is 0.286. The SMILES string of the molecule is CCNC(=O)[C@@H](CC)N(Cc1ccc(Cl)cc1Cl)C(=O)CN(c1ccc(OCc2ccccc2)cc1)S(C)(=O)=O. The summed E-state index contributed by atoms with van der Waals surface area (Å²) in [5, 5.41) is 3.52. The van der Waals surface area contributed by atoms with Crippen LogP contribution in [0.1, 0.15) is 31.4 Å². The van der Waals surface area contributed by atoms with Gasteiger partial charge in [0, 0.05) is 23.1 Å². The summed E-state index contributed by atoms with van der Waals surface area (Å²) in [5.74, 6) is -0.345. The summed E-state index contributed by atoms with van der Waals surface area (Å²) >= 11 is 12.4. The van der Waals surface area contributed by atoms with Crippen molar-refractivity contribution in [1.29, 1.82) is 0 Å². The van der Waals surface area contributed by atoms with E-state index in [1.807, 2.05) is 30.3 Å². The lowest BCUT2D eigenvalue weighted by Gasteiger charge is -2.33. The molecule has 214 valence electrons. The predicted octanol–water partition coefficient (Wildman–Crippen LogP) is 5.28. The maximum Gasteiger partial charge on any atom is 0.244 e. The van der Waals surface area contributed by atoms with Gasteiger partial charge >= 0.3 is 0 Å². The molecule has 3 rings (SSSR count). The molecule has 2 amide bonds. The van der Waals surface area contributed by atoms with Gasteiger partial charge in [0.2, 0.25) is 21.8 Å². The van der Waals surface area contributed by atoms with Gasteiger partial charge in [0.15, 0.2) is 0 Å². The highest BCUT2D eigenvalue weighted by atomic mass is 35.5. The van der Waals surface area contributed by atoms with Crippen molar-refractivity contribution in [2.24, 2.45) is 0 Å². The standard InChI is InChI=1S/C29H33Cl2N3O5S/c1-4-27(29(36)32-5-2)33(18-22-11-12-23(30)17-26(22)31)28(35)19-34(40(3,37)38)24-13-15-25(16-14-24)39-20-21-9-7-6-8-10-21/h6-17,27H,4-5,18-20H2,1-3H3,(H,32,36)/t27-/m1/s1. The van der Waals surface area contributed by atoms with Gasteiger partial charge in [-0.05, 0) is 60.9 Å². The van der Waals surface area contributed by atoms with Crippen LogP contribution in [0.4, 0.5) is 5.69 Å². The number of anilines is 1. The molecule has 0 fully saturated rings. The van der Waals surface area contributed by atoms with Crippen LogP contribution in [-0.2, 0) is 32.8 Å². The van der Waals surface area contributed by atoms with Gasteiger partial charge in [-0.2, -0.15) is 0 Å². The first-order chi connectivity index (χ1) is 19.0. The summed E-state index contributed by atoms with van der Waals surface area (Å²) in [4.78, 5) is 28.0. The Bertz CT molecular complexity index is 1400. The van der Waals surface area contributed by atoms with Crippen LogP contribution >= 0.6 is 23.2 Å². The highest BCUT2D eigenvalue weighted by molar-refractivity contribution is 7.92. The fraction of sp³-hybridized carbons (Fsp3) is 0.310. The molecule has 0 unspecified atom stereocenters. The van der Waals surface area contributed by atoms with Crippen LogP contribution in [0.2, 0.25) is 10.0 Å². The summed E-state index contributed by atoms with van der Waals surface area (Å²) in [6.07, 6.45) is 1.34. The lowest BCUT2D eigenvalue weighted by Crippen LogP contribution is -2.52. The number of carbonyl (C=O) groups excluding carboxylic acids is 2. The second kappa shape index (κ2) is 14.4. The number of carbonyl (C=O) groups is 2. The number of benzene rings is 3. The molecule has 0 aliphatic rings. The van der Waals surface area contributed by atoms with E-state index in [1.54, 1.807) is 56.3 Å². The molecular formula is C29H33Cl2N3O5S. The Morgan fingerprint density at radius 2 is 1.65 bits per heavy atom. The molecule has 11 heteroatoms. The van der Waals surface area contributed by atoms with Crippen LogP contribution in [0.3, 0.4) is 0 Å². The van der Waals surface area contributed by atoms with E-state index in [2.05, 4.69) is 5.32 Å². The Labute approximate surface area is 245 Å². The summed E-state index contributed by atoms with van der Waals surface area (Å²) < 4.78 is 32.5. The van der Waals surface area contributed by atoms with Crippen LogP contribution in [0.25, 0.3) is 0 Å². The summed E-state index contributed by atoms with van der Waals surface area (Å²) in [5.41, 5.74) is 1.86. The summed E-state index contributed by atoms with van der Waals surface area (Å²) in [7, 11) is -3.86. The van der Waals surface area contributed by atoms with E-state index in [4.69, 9.17) is 27.9 Å². The van der Waals surface area contributed by atoms with E-state index < -0.39 is 28.5 Å². The molecule has 1 N–H and O–H groups in total. The van der Waals surface area contributed by atoms with Gasteiger partial charge in [-0.15, -0.1) is 0 Å². The van der Waals surface area contributed by atoms with Crippen molar-refractivity contribution in [3.63, 3.8) is 0 Å². The monoisotopic (exact) mass is 605 g/mol. The summed E-state index contributed by atoms with van der Waals surface area (Å²) in [6.45, 7) is 3.79. The molecule has 0 saturated heterocycles. The average molecular weight is 607 g/mol. The average Bonchev–Trinajstić information content (AvgIpc) is 2.92. The fourth-order valence-corrected chi connectivity index (χ4v) is 5.43. The van der Waals surface area contributed by atoms with Crippen molar-refractivity contribution in [1.82, 2.24) is 10.2 Å². The predicted molar refractivity (Wildman–Crippen MR) is 159 cm³/mol.